The maximum absolute atomic E-state index is 13.0. The van der Waals surface area contributed by atoms with Crippen LogP contribution in [-0.2, 0) is 0 Å². The quantitative estimate of drug-likeness (QED) is 0.769. The first-order valence-corrected chi connectivity index (χ1v) is 4.42. The zero-order chi connectivity index (χ0) is 11.6. The summed E-state index contributed by atoms with van der Waals surface area (Å²) in [6.07, 6.45) is 0. The Morgan fingerprint density at radius 2 is 2.00 bits per heavy atom. The fourth-order valence-electron chi connectivity index (χ4n) is 1.24. The maximum atomic E-state index is 13.0. The first-order chi connectivity index (χ1) is 6.88. The molecule has 0 aliphatic heterocycles. The van der Waals surface area contributed by atoms with Crippen molar-refractivity contribution in [2.75, 3.05) is 6.61 Å². The molecule has 0 saturated heterocycles. The van der Waals surface area contributed by atoms with Gasteiger partial charge in [0.1, 0.15) is 18.4 Å². The average Bonchev–Trinajstić information content (AvgIpc) is 2.17. The van der Waals surface area contributed by atoms with Crippen molar-refractivity contribution in [3.63, 3.8) is 0 Å². The number of halogens is 3. The minimum Gasteiger partial charge on any atom is -0.508 e. The van der Waals surface area contributed by atoms with Crippen molar-refractivity contribution in [3.05, 3.63) is 29.3 Å². The second kappa shape index (κ2) is 5.43. The van der Waals surface area contributed by atoms with E-state index < -0.39 is 18.6 Å². The Bertz CT molecular complexity index is 361. The molecule has 0 fully saturated rings. The van der Waals surface area contributed by atoms with Crippen LogP contribution in [-0.4, -0.2) is 22.7 Å². The van der Waals surface area contributed by atoms with E-state index in [1.807, 2.05) is 0 Å². The second-order valence-electron chi connectivity index (χ2n) is 3.46. The Morgan fingerprint density at radius 1 is 1.44 bits per heavy atom. The summed E-state index contributed by atoms with van der Waals surface area (Å²) in [5.74, 6) is -3.72. The van der Waals surface area contributed by atoms with Gasteiger partial charge in [-0.15, -0.1) is 12.4 Å². The summed E-state index contributed by atoms with van der Waals surface area (Å²) in [6.45, 7) is 0.376. The smallest absolute Gasteiger partial charge is 0.289 e. The third-order valence-corrected chi connectivity index (χ3v) is 2.19. The lowest BCUT2D eigenvalue weighted by Gasteiger charge is -2.22. The molecule has 1 atom stereocenters. The summed E-state index contributed by atoms with van der Waals surface area (Å²) in [5, 5.41) is 17.9. The van der Waals surface area contributed by atoms with Gasteiger partial charge in [0.15, 0.2) is 0 Å². The first-order valence-electron chi connectivity index (χ1n) is 4.42. The van der Waals surface area contributed by atoms with Crippen molar-refractivity contribution in [1.82, 2.24) is 0 Å². The number of aliphatic hydroxyl groups excluding tert-OH is 1. The SMILES string of the molecule is Cc1ccc([C@@H](N)C(F)(F)CO)c(O)c1.Cl. The van der Waals surface area contributed by atoms with Gasteiger partial charge in [0, 0.05) is 5.56 Å². The van der Waals surface area contributed by atoms with Gasteiger partial charge in [-0.05, 0) is 18.6 Å². The van der Waals surface area contributed by atoms with Gasteiger partial charge in [-0.1, -0.05) is 12.1 Å². The molecule has 0 unspecified atom stereocenters. The Balaban J connectivity index is 0.00000225. The van der Waals surface area contributed by atoms with Crippen LogP contribution in [0.25, 0.3) is 0 Å². The van der Waals surface area contributed by atoms with Crippen molar-refractivity contribution in [1.29, 1.82) is 0 Å². The summed E-state index contributed by atoms with van der Waals surface area (Å²) in [7, 11) is 0. The van der Waals surface area contributed by atoms with Crippen LogP contribution in [0.3, 0.4) is 0 Å². The van der Waals surface area contributed by atoms with Crippen LogP contribution in [0.2, 0.25) is 0 Å². The molecule has 0 aliphatic carbocycles. The van der Waals surface area contributed by atoms with Crippen molar-refractivity contribution >= 4 is 12.4 Å². The number of aryl methyl sites for hydroxylation is 1. The van der Waals surface area contributed by atoms with E-state index in [-0.39, 0.29) is 23.7 Å². The zero-order valence-corrected chi connectivity index (χ0v) is 9.47. The predicted molar refractivity (Wildman–Crippen MR) is 59.1 cm³/mol. The van der Waals surface area contributed by atoms with E-state index in [4.69, 9.17) is 10.8 Å². The molecule has 4 N–H and O–H groups in total. The monoisotopic (exact) mass is 253 g/mol. The highest BCUT2D eigenvalue weighted by Gasteiger charge is 2.38. The number of hydrogen-bond donors (Lipinski definition) is 3. The van der Waals surface area contributed by atoms with Crippen LogP contribution < -0.4 is 5.73 Å². The summed E-state index contributed by atoms with van der Waals surface area (Å²) in [5.41, 5.74) is 5.94. The predicted octanol–water partition coefficient (Wildman–Crippen LogP) is 1.75. The fraction of sp³-hybridized carbons (Fsp3) is 0.400. The lowest BCUT2D eigenvalue weighted by atomic mass is 9.99. The number of rotatable bonds is 3. The largest absolute Gasteiger partial charge is 0.508 e. The molecular weight excluding hydrogens is 240 g/mol. The molecule has 0 amide bonds. The van der Waals surface area contributed by atoms with Crippen LogP contribution in [0, 0.1) is 6.92 Å². The number of phenolic OH excluding ortho intramolecular Hbond substituents is 1. The van der Waals surface area contributed by atoms with Crippen LogP contribution in [0.5, 0.6) is 5.75 Å². The summed E-state index contributed by atoms with van der Waals surface area (Å²) in [4.78, 5) is 0. The van der Waals surface area contributed by atoms with E-state index in [1.165, 1.54) is 12.1 Å². The Labute approximate surface area is 98.3 Å². The molecule has 0 saturated carbocycles. The van der Waals surface area contributed by atoms with Gasteiger partial charge in [0.2, 0.25) is 0 Å². The Morgan fingerprint density at radius 3 is 2.44 bits per heavy atom. The minimum atomic E-state index is -3.44. The molecule has 0 spiro atoms. The van der Waals surface area contributed by atoms with E-state index in [1.54, 1.807) is 13.0 Å². The van der Waals surface area contributed by atoms with Gasteiger partial charge in [-0.2, -0.15) is 0 Å². The molecule has 0 aromatic heterocycles. The summed E-state index contributed by atoms with van der Waals surface area (Å²) >= 11 is 0. The highest BCUT2D eigenvalue weighted by Crippen LogP contribution is 2.33. The van der Waals surface area contributed by atoms with Crippen molar-refractivity contribution < 1.29 is 19.0 Å². The van der Waals surface area contributed by atoms with Gasteiger partial charge in [-0.25, -0.2) is 8.78 Å². The molecule has 1 rings (SSSR count). The molecule has 0 bridgehead atoms. The highest BCUT2D eigenvalue weighted by molar-refractivity contribution is 5.85. The number of alkyl halides is 2. The van der Waals surface area contributed by atoms with Gasteiger partial charge >= 0.3 is 0 Å². The summed E-state index contributed by atoms with van der Waals surface area (Å²) < 4.78 is 26.1. The molecule has 16 heavy (non-hydrogen) atoms. The van der Waals surface area contributed by atoms with Crippen LogP contribution in [0.4, 0.5) is 8.78 Å². The highest BCUT2D eigenvalue weighted by atomic mass is 35.5. The van der Waals surface area contributed by atoms with E-state index in [0.29, 0.717) is 0 Å². The molecule has 6 heteroatoms. The van der Waals surface area contributed by atoms with E-state index in [9.17, 15) is 13.9 Å². The number of aromatic hydroxyl groups is 1. The average molecular weight is 254 g/mol. The third kappa shape index (κ3) is 3.04. The molecule has 0 radical (unpaired) electrons. The lowest BCUT2D eigenvalue weighted by Crippen LogP contribution is -2.36. The first kappa shape index (κ1) is 15.1. The van der Waals surface area contributed by atoms with Gasteiger partial charge in [-0.3, -0.25) is 0 Å². The zero-order valence-electron chi connectivity index (χ0n) is 8.65. The summed E-state index contributed by atoms with van der Waals surface area (Å²) in [6, 6.07) is 2.55. The van der Waals surface area contributed by atoms with Crippen LogP contribution >= 0.6 is 12.4 Å². The Kier molecular flexibility index (Phi) is 5.12. The fourth-order valence-corrected chi connectivity index (χ4v) is 1.24. The van der Waals surface area contributed by atoms with Gasteiger partial charge in [0.05, 0.1) is 0 Å². The molecule has 0 heterocycles. The van der Waals surface area contributed by atoms with Crippen molar-refractivity contribution in [2.24, 2.45) is 5.73 Å². The van der Waals surface area contributed by atoms with Gasteiger partial charge in [0.25, 0.3) is 5.92 Å². The lowest BCUT2D eigenvalue weighted by molar-refractivity contribution is -0.0715. The van der Waals surface area contributed by atoms with E-state index in [2.05, 4.69) is 0 Å². The number of nitrogens with two attached hydrogens (primary N) is 1. The van der Waals surface area contributed by atoms with E-state index in [0.717, 1.165) is 5.56 Å². The number of benzene rings is 1. The molecule has 0 aliphatic rings. The standard InChI is InChI=1S/C10H13F2NO2.ClH/c1-6-2-3-7(8(15)4-6)9(13)10(11,12)5-14;/h2-4,9,14-15H,5,13H2,1H3;1H/t9-;/m1./s1. The van der Waals surface area contributed by atoms with Gasteiger partial charge < -0.3 is 15.9 Å². The molecule has 92 valence electrons. The maximum Gasteiger partial charge on any atom is 0.289 e. The third-order valence-electron chi connectivity index (χ3n) is 2.19. The second-order valence-corrected chi connectivity index (χ2v) is 3.46. The number of hydrogen-bond acceptors (Lipinski definition) is 3. The van der Waals surface area contributed by atoms with Crippen LogP contribution in [0.15, 0.2) is 18.2 Å². The molecule has 1 aromatic rings. The minimum absolute atomic E-state index is 0. The van der Waals surface area contributed by atoms with Crippen molar-refractivity contribution in [3.8, 4) is 5.75 Å². The Hall–Kier alpha value is -0.910. The molecule has 3 nitrogen and oxygen atoms in total. The number of aliphatic hydroxyl groups is 1. The van der Waals surface area contributed by atoms with E-state index >= 15 is 0 Å². The number of phenols is 1. The van der Waals surface area contributed by atoms with Crippen molar-refractivity contribution in [2.45, 2.75) is 18.9 Å². The van der Waals surface area contributed by atoms with Crippen LogP contribution in [0.1, 0.15) is 17.2 Å². The topological polar surface area (TPSA) is 66.5 Å². The normalized spacial score (nSPS) is 13.1. The molecular formula is C10H14ClF2NO2. The molecule has 1 aromatic carbocycles.